The third-order valence-electron chi connectivity index (χ3n) is 3.62. The molecule has 1 saturated heterocycles. The molecule has 1 aliphatic heterocycles. The van der Waals surface area contributed by atoms with E-state index in [-0.39, 0.29) is 18.9 Å². The molecule has 2 aromatic rings. The Hall–Kier alpha value is -2.21. The van der Waals surface area contributed by atoms with E-state index in [1.165, 1.54) is 16.2 Å². The average Bonchev–Trinajstić information content (AvgIpc) is 3.05. The molecule has 1 aromatic heterocycles. The van der Waals surface area contributed by atoms with E-state index in [1.54, 1.807) is 0 Å². The van der Waals surface area contributed by atoms with Crippen molar-refractivity contribution in [2.75, 3.05) is 11.4 Å². The molecule has 3 rings (SSSR count). The smallest absolute Gasteiger partial charge is 0.308 e. The molecular weight excluding hydrogens is 288 g/mol. The number of aliphatic carboxylic acids is 1. The van der Waals surface area contributed by atoms with E-state index in [0.29, 0.717) is 5.13 Å². The number of carbonyl (C=O) groups is 2. The van der Waals surface area contributed by atoms with Crippen LogP contribution in [-0.2, 0) is 9.59 Å². The molecule has 108 valence electrons. The summed E-state index contributed by atoms with van der Waals surface area (Å²) in [6.07, 6.45) is 0.0502. The van der Waals surface area contributed by atoms with Crippen molar-refractivity contribution >= 4 is 28.3 Å². The van der Waals surface area contributed by atoms with Gasteiger partial charge in [0.15, 0.2) is 5.13 Å². The van der Waals surface area contributed by atoms with Gasteiger partial charge in [0.1, 0.15) is 0 Å². The van der Waals surface area contributed by atoms with Crippen LogP contribution < -0.4 is 4.90 Å². The normalized spacial score (nSPS) is 18.2. The summed E-state index contributed by atoms with van der Waals surface area (Å²) < 4.78 is 0. The summed E-state index contributed by atoms with van der Waals surface area (Å²) in [7, 11) is 0. The predicted molar refractivity (Wildman–Crippen MR) is 80.4 cm³/mol. The highest BCUT2D eigenvalue weighted by molar-refractivity contribution is 7.14. The highest BCUT2D eigenvalue weighted by Gasteiger charge is 2.36. The largest absolute Gasteiger partial charge is 0.481 e. The zero-order chi connectivity index (χ0) is 15.0. The van der Waals surface area contributed by atoms with Gasteiger partial charge in [-0.3, -0.25) is 14.5 Å². The van der Waals surface area contributed by atoms with E-state index >= 15 is 0 Å². The maximum atomic E-state index is 11.9. The monoisotopic (exact) mass is 302 g/mol. The molecule has 21 heavy (non-hydrogen) atoms. The Bertz CT molecular complexity index is 710. The fraction of sp³-hybridized carbons (Fsp3) is 0.267. The van der Waals surface area contributed by atoms with Gasteiger partial charge in [0.2, 0.25) is 5.91 Å². The third-order valence-corrected chi connectivity index (χ3v) is 4.48. The number of anilines is 1. The average molecular weight is 302 g/mol. The second kappa shape index (κ2) is 5.29. The van der Waals surface area contributed by atoms with Gasteiger partial charge in [0.05, 0.1) is 11.6 Å². The minimum Gasteiger partial charge on any atom is -0.481 e. The van der Waals surface area contributed by atoms with Crippen molar-refractivity contribution in [3.63, 3.8) is 0 Å². The number of carbonyl (C=O) groups excluding carboxylic acids is 1. The number of thiazole rings is 1. The van der Waals surface area contributed by atoms with Crippen LogP contribution in [0.5, 0.6) is 0 Å². The molecule has 2 heterocycles. The van der Waals surface area contributed by atoms with Gasteiger partial charge in [0, 0.05) is 23.9 Å². The lowest BCUT2D eigenvalue weighted by molar-refractivity contribution is -0.141. The predicted octanol–water partition coefficient (Wildman–Crippen LogP) is 2.56. The van der Waals surface area contributed by atoms with Gasteiger partial charge in [-0.1, -0.05) is 24.3 Å². The fourth-order valence-electron chi connectivity index (χ4n) is 2.43. The fourth-order valence-corrected chi connectivity index (χ4v) is 3.28. The van der Waals surface area contributed by atoms with Crippen molar-refractivity contribution in [2.45, 2.75) is 13.3 Å². The zero-order valence-corrected chi connectivity index (χ0v) is 12.3. The number of hydrogen-bond donors (Lipinski definition) is 1. The first-order valence-electron chi connectivity index (χ1n) is 6.61. The molecule has 1 unspecified atom stereocenters. The number of aromatic nitrogens is 1. The van der Waals surface area contributed by atoms with E-state index in [1.807, 2.05) is 36.6 Å². The molecule has 0 radical (unpaired) electrons. The van der Waals surface area contributed by atoms with Crippen LogP contribution in [0.1, 0.15) is 12.0 Å². The molecule has 1 fully saturated rings. The van der Waals surface area contributed by atoms with Gasteiger partial charge in [-0.05, 0) is 12.5 Å². The van der Waals surface area contributed by atoms with Gasteiger partial charge in [-0.2, -0.15) is 0 Å². The van der Waals surface area contributed by atoms with Crippen LogP contribution in [0.3, 0.4) is 0 Å². The number of carboxylic acid groups (broad SMARTS) is 1. The molecule has 1 aromatic carbocycles. The quantitative estimate of drug-likeness (QED) is 0.946. The molecule has 1 aliphatic rings. The summed E-state index contributed by atoms with van der Waals surface area (Å²) in [6, 6.07) is 7.91. The molecule has 0 aliphatic carbocycles. The number of amides is 1. The number of carboxylic acids is 1. The number of nitrogens with zero attached hydrogens (tertiary/aromatic N) is 2. The van der Waals surface area contributed by atoms with Crippen LogP contribution in [0.25, 0.3) is 11.3 Å². The molecular formula is C15H14N2O3S. The van der Waals surface area contributed by atoms with Crippen molar-refractivity contribution in [2.24, 2.45) is 5.92 Å². The molecule has 0 saturated carbocycles. The van der Waals surface area contributed by atoms with E-state index in [2.05, 4.69) is 4.98 Å². The molecule has 1 amide bonds. The molecule has 5 nitrogen and oxygen atoms in total. The summed E-state index contributed by atoms with van der Waals surface area (Å²) >= 11 is 1.37. The minimum absolute atomic E-state index is 0.0502. The molecule has 0 bridgehead atoms. The first-order valence-corrected chi connectivity index (χ1v) is 7.49. The second-order valence-electron chi connectivity index (χ2n) is 5.07. The van der Waals surface area contributed by atoms with Gasteiger partial charge in [0.25, 0.3) is 0 Å². The second-order valence-corrected chi connectivity index (χ2v) is 5.91. The topological polar surface area (TPSA) is 70.5 Å². The summed E-state index contributed by atoms with van der Waals surface area (Å²) in [5.41, 5.74) is 2.96. The lowest BCUT2D eigenvalue weighted by Gasteiger charge is -2.11. The third kappa shape index (κ3) is 2.54. The summed E-state index contributed by atoms with van der Waals surface area (Å²) in [5.74, 6) is -1.74. The van der Waals surface area contributed by atoms with E-state index in [9.17, 15) is 9.59 Å². The Labute approximate surface area is 125 Å². The van der Waals surface area contributed by atoms with Crippen molar-refractivity contribution in [3.8, 4) is 11.3 Å². The van der Waals surface area contributed by atoms with Crippen LogP contribution in [-0.4, -0.2) is 28.5 Å². The van der Waals surface area contributed by atoms with Gasteiger partial charge in [-0.15, -0.1) is 11.3 Å². The van der Waals surface area contributed by atoms with Crippen LogP contribution in [0.2, 0.25) is 0 Å². The molecule has 0 spiro atoms. The Morgan fingerprint density at radius 2 is 2.19 bits per heavy atom. The van der Waals surface area contributed by atoms with E-state index in [4.69, 9.17) is 5.11 Å². The van der Waals surface area contributed by atoms with E-state index in [0.717, 1.165) is 16.8 Å². The van der Waals surface area contributed by atoms with Crippen molar-refractivity contribution < 1.29 is 14.7 Å². The van der Waals surface area contributed by atoms with Crippen molar-refractivity contribution in [1.29, 1.82) is 0 Å². The van der Waals surface area contributed by atoms with Crippen LogP contribution in [0.15, 0.2) is 29.6 Å². The van der Waals surface area contributed by atoms with Gasteiger partial charge >= 0.3 is 5.97 Å². The Morgan fingerprint density at radius 3 is 2.86 bits per heavy atom. The van der Waals surface area contributed by atoms with Gasteiger partial charge < -0.3 is 5.11 Å². The molecule has 1 N–H and O–H groups in total. The van der Waals surface area contributed by atoms with Crippen LogP contribution in [0, 0.1) is 12.8 Å². The number of benzene rings is 1. The maximum Gasteiger partial charge on any atom is 0.308 e. The highest BCUT2D eigenvalue weighted by atomic mass is 32.1. The summed E-state index contributed by atoms with van der Waals surface area (Å²) in [6.45, 7) is 2.21. The highest BCUT2D eigenvalue weighted by Crippen LogP contribution is 2.32. The van der Waals surface area contributed by atoms with Crippen LogP contribution in [0.4, 0.5) is 5.13 Å². The van der Waals surface area contributed by atoms with Crippen LogP contribution >= 0.6 is 11.3 Å². The van der Waals surface area contributed by atoms with E-state index < -0.39 is 11.9 Å². The molecule has 1 atom stereocenters. The maximum absolute atomic E-state index is 11.9. The summed E-state index contributed by atoms with van der Waals surface area (Å²) in [4.78, 5) is 28.9. The first kappa shape index (κ1) is 13.8. The zero-order valence-electron chi connectivity index (χ0n) is 11.4. The SMILES string of the molecule is Cc1ccccc1-c1csc(N2CC(C(=O)O)CC2=O)n1. The number of hydrogen-bond acceptors (Lipinski definition) is 4. The lowest BCUT2D eigenvalue weighted by atomic mass is 10.1. The summed E-state index contributed by atoms with van der Waals surface area (Å²) in [5, 5.41) is 11.5. The Kier molecular flexibility index (Phi) is 3.47. The minimum atomic E-state index is -0.929. The van der Waals surface area contributed by atoms with Gasteiger partial charge in [-0.25, -0.2) is 4.98 Å². The Balaban J connectivity index is 1.88. The molecule has 6 heteroatoms. The standard InChI is InChI=1S/C15H14N2O3S/c1-9-4-2-3-5-11(9)12-8-21-15(16-12)17-7-10(14(19)20)6-13(17)18/h2-5,8,10H,6-7H2,1H3,(H,19,20). The Morgan fingerprint density at radius 1 is 1.43 bits per heavy atom. The number of rotatable bonds is 3. The van der Waals surface area contributed by atoms with Crippen molar-refractivity contribution in [1.82, 2.24) is 4.98 Å². The lowest BCUT2D eigenvalue weighted by Crippen LogP contribution is -2.25. The van der Waals surface area contributed by atoms with Crippen molar-refractivity contribution in [3.05, 3.63) is 35.2 Å². The number of aryl methyl sites for hydroxylation is 1. The first-order chi connectivity index (χ1) is 10.1.